The number of nitrogens with zero attached hydrogens (tertiary/aromatic N) is 2. The second kappa shape index (κ2) is 5.50. The average Bonchev–Trinajstić information content (AvgIpc) is 2.81. The van der Waals surface area contributed by atoms with E-state index in [0.717, 1.165) is 0 Å². The van der Waals surface area contributed by atoms with Crippen LogP contribution >= 0.6 is 34.8 Å². The summed E-state index contributed by atoms with van der Waals surface area (Å²) in [5.41, 5.74) is 0.467. The Morgan fingerprint density at radius 2 is 2.04 bits per heavy atom. The van der Waals surface area contributed by atoms with Crippen LogP contribution in [0.3, 0.4) is 0 Å². The second-order valence-electron chi connectivity index (χ2n) is 5.87. The molecule has 1 aliphatic carbocycles. The van der Waals surface area contributed by atoms with Crippen molar-refractivity contribution in [1.82, 2.24) is 4.90 Å². The summed E-state index contributed by atoms with van der Waals surface area (Å²) in [5.74, 6) is -1.17. The van der Waals surface area contributed by atoms with E-state index in [1.165, 1.54) is 35.0 Å². The third-order valence-electron chi connectivity index (χ3n) is 4.34. The molecule has 1 heterocycles. The molecule has 1 saturated carbocycles. The van der Waals surface area contributed by atoms with Crippen molar-refractivity contribution in [2.24, 2.45) is 0 Å². The first kappa shape index (κ1) is 16.8. The van der Waals surface area contributed by atoms with Crippen molar-refractivity contribution < 1.29 is 14.0 Å². The standard InChI is InChI=1S/C15H14Cl3FN2O2/c1-20(13(23)14(16)8-15(14,17)18)11-5-6-21(12(11)22)10-4-2-3-9(19)7-10/h2-4,7,11H,5-6,8H2,1H3. The summed E-state index contributed by atoms with van der Waals surface area (Å²) in [7, 11) is 1.51. The first-order chi connectivity index (χ1) is 10.7. The molecule has 1 saturated heterocycles. The number of likely N-dealkylation sites (N-methyl/N-ethyl adjacent to an activating group) is 1. The molecule has 23 heavy (non-hydrogen) atoms. The van der Waals surface area contributed by atoms with Crippen LogP contribution in [0.15, 0.2) is 24.3 Å². The van der Waals surface area contributed by atoms with Gasteiger partial charge in [-0.3, -0.25) is 9.59 Å². The summed E-state index contributed by atoms with van der Waals surface area (Å²) in [6, 6.07) is 5.12. The molecule has 2 atom stereocenters. The number of alkyl halides is 3. The van der Waals surface area contributed by atoms with Crippen LogP contribution in [0.25, 0.3) is 0 Å². The Hall–Kier alpha value is -1.04. The quantitative estimate of drug-likeness (QED) is 0.758. The molecular formula is C15H14Cl3FN2O2. The highest BCUT2D eigenvalue weighted by Gasteiger charge is 2.72. The van der Waals surface area contributed by atoms with Gasteiger partial charge in [-0.05, 0) is 24.6 Å². The van der Waals surface area contributed by atoms with E-state index >= 15 is 0 Å². The SMILES string of the molecule is CN(C(=O)C1(Cl)CC1(Cl)Cl)C1CCN(c2cccc(F)c2)C1=O. The van der Waals surface area contributed by atoms with Crippen LogP contribution < -0.4 is 4.90 Å². The van der Waals surface area contributed by atoms with E-state index in [9.17, 15) is 14.0 Å². The highest BCUT2D eigenvalue weighted by atomic mass is 35.5. The van der Waals surface area contributed by atoms with Crippen molar-refractivity contribution in [2.75, 3.05) is 18.5 Å². The Balaban J connectivity index is 1.76. The van der Waals surface area contributed by atoms with E-state index < -0.39 is 27.0 Å². The van der Waals surface area contributed by atoms with Gasteiger partial charge < -0.3 is 9.80 Å². The van der Waals surface area contributed by atoms with E-state index in [4.69, 9.17) is 34.8 Å². The Labute approximate surface area is 148 Å². The fraction of sp³-hybridized carbons (Fsp3) is 0.467. The second-order valence-corrected chi connectivity index (χ2v) is 8.00. The lowest BCUT2D eigenvalue weighted by molar-refractivity contribution is -0.137. The number of amides is 2. The fourth-order valence-corrected chi connectivity index (χ4v) is 3.87. The number of benzene rings is 1. The van der Waals surface area contributed by atoms with Gasteiger partial charge in [-0.2, -0.15) is 0 Å². The monoisotopic (exact) mass is 378 g/mol. The number of carbonyl (C=O) groups excluding carboxylic acids is 2. The van der Waals surface area contributed by atoms with Crippen LogP contribution in [0.5, 0.6) is 0 Å². The van der Waals surface area contributed by atoms with Crippen LogP contribution in [-0.4, -0.2) is 45.6 Å². The normalized spacial score (nSPS) is 28.8. The summed E-state index contributed by atoms with van der Waals surface area (Å²) in [6.07, 6.45) is 0.574. The molecule has 2 unspecified atom stereocenters. The molecule has 1 aromatic rings. The lowest BCUT2D eigenvalue weighted by Crippen LogP contribution is -2.47. The number of hydrogen-bond donors (Lipinski definition) is 0. The van der Waals surface area contributed by atoms with Gasteiger partial charge in [0.05, 0.1) is 0 Å². The highest BCUT2D eigenvalue weighted by Crippen LogP contribution is 2.62. The van der Waals surface area contributed by atoms with Crippen molar-refractivity contribution in [3.8, 4) is 0 Å². The minimum Gasteiger partial charge on any atom is -0.332 e. The zero-order valence-corrected chi connectivity index (χ0v) is 14.5. The first-order valence-corrected chi connectivity index (χ1v) is 8.22. The fourth-order valence-electron chi connectivity index (χ4n) is 2.84. The van der Waals surface area contributed by atoms with Crippen LogP contribution in [0, 0.1) is 5.82 Å². The Bertz CT molecular complexity index is 684. The number of anilines is 1. The molecule has 8 heteroatoms. The minimum atomic E-state index is -1.38. The van der Waals surface area contributed by atoms with Gasteiger partial charge >= 0.3 is 0 Å². The van der Waals surface area contributed by atoms with E-state index in [1.54, 1.807) is 6.07 Å². The molecule has 0 radical (unpaired) electrons. The summed E-state index contributed by atoms with van der Waals surface area (Å²) >= 11 is 18.0. The first-order valence-electron chi connectivity index (χ1n) is 7.08. The molecule has 2 fully saturated rings. The number of halogens is 4. The van der Waals surface area contributed by atoms with Crippen molar-refractivity contribution in [3.05, 3.63) is 30.1 Å². The zero-order valence-electron chi connectivity index (χ0n) is 12.2. The van der Waals surface area contributed by atoms with Crippen molar-refractivity contribution in [1.29, 1.82) is 0 Å². The highest BCUT2D eigenvalue weighted by molar-refractivity contribution is 6.62. The van der Waals surface area contributed by atoms with Gasteiger partial charge in [-0.25, -0.2) is 4.39 Å². The number of rotatable bonds is 3. The predicted octanol–water partition coefficient (Wildman–Crippen LogP) is 2.94. The molecule has 124 valence electrons. The van der Waals surface area contributed by atoms with E-state index in [1.807, 2.05) is 0 Å². The predicted molar refractivity (Wildman–Crippen MR) is 87.6 cm³/mol. The van der Waals surface area contributed by atoms with Crippen molar-refractivity contribution in [2.45, 2.75) is 28.1 Å². The van der Waals surface area contributed by atoms with E-state index in [2.05, 4.69) is 0 Å². The maximum atomic E-state index is 13.3. The van der Waals surface area contributed by atoms with E-state index in [0.29, 0.717) is 18.7 Å². The largest absolute Gasteiger partial charge is 0.332 e. The number of carbonyl (C=O) groups is 2. The van der Waals surface area contributed by atoms with Crippen LogP contribution in [0.1, 0.15) is 12.8 Å². The van der Waals surface area contributed by atoms with Gasteiger partial charge in [0.25, 0.3) is 0 Å². The Kier molecular flexibility index (Phi) is 4.02. The van der Waals surface area contributed by atoms with Crippen LogP contribution in [0.2, 0.25) is 0 Å². The average molecular weight is 380 g/mol. The molecular weight excluding hydrogens is 366 g/mol. The summed E-state index contributed by atoms with van der Waals surface area (Å²) in [6.45, 7) is 0.396. The molecule has 3 rings (SSSR count). The topological polar surface area (TPSA) is 40.6 Å². The van der Waals surface area contributed by atoms with Crippen LogP contribution in [0.4, 0.5) is 10.1 Å². The van der Waals surface area contributed by atoms with Crippen molar-refractivity contribution >= 4 is 52.3 Å². The molecule has 2 amide bonds. The summed E-state index contributed by atoms with van der Waals surface area (Å²) in [4.78, 5) is 26.4. The van der Waals surface area contributed by atoms with E-state index in [-0.39, 0.29) is 12.3 Å². The van der Waals surface area contributed by atoms with Gasteiger partial charge in [0, 0.05) is 25.7 Å². The molecule has 0 spiro atoms. The third-order valence-corrected chi connectivity index (χ3v) is 6.07. The Morgan fingerprint density at radius 1 is 1.39 bits per heavy atom. The molecule has 4 nitrogen and oxygen atoms in total. The van der Waals surface area contributed by atoms with Crippen molar-refractivity contribution in [3.63, 3.8) is 0 Å². The van der Waals surface area contributed by atoms with Gasteiger partial charge in [-0.15, -0.1) is 11.6 Å². The maximum absolute atomic E-state index is 13.3. The van der Waals surface area contributed by atoms with Gasteiger partial charge in [-0.1, -0.05) is 29.3 Å². The lowest BCUT2D eigenvalue weighted by Gasteiger charge is -2.26. The lowest BCUT2D eigenvalue weighted by atomic mass is 10.2. The maximum Gasteiger partial charge on any atom is 0.249 e. The smallest absolute Gasteiger partial charge is 0.249 e. The minimum absolute atomic E-state index is 0.141. The molecule has 0 N–H and O–H groups in total. The molecule has 1 aliphatic heterocycles. The van der Waals surface area contributed by atoms with Gasteiger partial charge in [0.1, 0.15) is 16.2 Å². The van der Waals surface area contributed by atoms with Gasteiger partial charge in [0.15, 0.2) is 4.87 Å². The molecule has 2 aliphatic rings. The molecule has 0 aromatic heterocycles. The van der Waals surface area contributed by atoms with Gasteiger partial charge in [0.2, 0.25) is 11.8 Å². The third kappa shape index (κ3) is 2.69. The summed E-state index contributed by atoms with van der Waals surface area (Å²) in [5, 5.41) is 0. The Morgan fingerprint density at radius 3 is 2.61 bits per heavy atom. The van der Waals surface area contributed by atoms with Crippen LogP contribution in [-0.2, 0) is 9.59 Å². The molecule has 1 aromatic carbocycles. The molecule has 0 bridgehead atoms. The zero-order chi connectivity index (χ0) is 17.0. The summed E-state index contributed by atoms with van der Waals surface area (Å²) < 4.78 is 12.0. The number of hydrogen-bond acceptors (Lipinski definition) is 2.